The lowest BCUT2D eigenvalue weighted by Crippen LogP contribution is -2.36. The van der Waals surface area contributed by atoms with E-state index in [9.17, 15) is 19.7 Å². The van der Waals surface area contributed by atoms with Crippen LogP contribution in [0, 0.1) is 16.0 Å². The van der Waals surface area contributed by atoms with Crippen LogP contribution in [0.15, 0.2) is 18.2 Å². The summed E-state index contributed by atoms with van der Waals surface area (Å²) in [4.78, 5) is 37.1. The fourth-order valence-corrected chi connectivity index (χ4v) is 3.22. The Bertz CT molecular complexity index is 714. The predicted octanol–water partition coefficient (Wildman–Crippen LogP) is 3.29. The van der Waals surface area contributed by atoms with E-state index in [-0.39, 0.29) is 23.2 Å². The Morgan fingerprint density at radius 1 is 1.21 bits per heavy atom. The minimum absolute atomic E-state index is 0.00780. The average molecular weight is 391 g/mol. The fourth-order valence-electron chi connectivity index (χ4n) is 3.22. The van der Waals surface area contributed by atoms with Gasteiger partial charge < -0.3 is 15.0 Å². The molecule has 8 heteroatoms. The number of benzene rings is 1. The van der Waals surface area contributed by atoms with Gasteiger partial charge in [0.1, 0.15) is 0 Å². The molecule has 0 bridgehead atoms. The number of anilines is 1. The second kappa shape index (κ2) is 10.1. The van der Waals surface area contributed by atoms with E-state index >= 15 is 0 Å². The molecule has 0 saturated carbocycles. The van der Waals surface area contributed by atoms with Gasteiger partial charge in [-0.05, 0) is 44.6 Å². The molecule has 1 saturated heterocycles. The number of hydrogen-bond acceptors (Lipinski definition) is 6. The molecule has 0 aromatic heterocycles. The highest BCUT2D eigenvalue weighted by Gasteiger charge is 2.24. The molecule has 28 heavy (non-hydrogen) atoms. The summed E-state index contributed by atoms with van der Waals surface area (Å²) in [6.07, 6.45) is 3.85. The normalized spacial score (nSPS) is 14.8. The van der Waals surface area contributed by atoms with E-state index in [1.165, 1.54) is 12.1 Å². The molecule has 0 unspecified atom stereocenters. The van der Waals surface area contributed by atoms with Gasteiger partial charge in [-0.2, -0.15) is 0 Å². The van der Waals surface area contributed by atoms with E-state index in [0.717, 1.165) is 38.8 Å². The number of nitrogens with zero attached hydrogens (tertiary/aromatic N) is 2. The van der Waals surface area contributed by atoms with Gasteiger partial charge in [-0.15, -0.1) is 0 Å². The second-order valence-corrected chi connectivity index (χ2v) is 7.67. The van der Waals surface area contributed by atoms with Crippen molar-refractivity contribution in [3.8, 4) is 0 Å². The van der Waals surface area contributed by atoms with E-state index in [4.69, 9.17) is 4.74 Å². The Kier molecular flexibility index (Phi) is 7.78. The van der Waals surface area contributed by atoms with Crippen molar-refractivity contribution in [2.45, 2.75) is 52.5 Å². The first-order valence-electron chi connectivity index (χ1n) is 9.77. The molecule has 0 spiro atoms. The fraction of sp³-hybridized carbons (Fsp3) is 0.600. The van der Waals surface area contributed by atoms with Gasteiger partial charge in [0, 0.05) is 31.3 Å². The summed E-state index contributed by atoms with van der Waals surface area (Å²) in [6.45, 7) is 7.31. The molecular weight excluding hydrogens is 362 g/mol. The maximum absolute atomic E-state index is 12.6. The van der Waals surface area contributed by atoms with Crippen molar-refractivity contribution < 1.29 is 19.2 Å². The number of amides is 1. The third kappa shape index (κ3) is 6.21. The Balaban J connectivity index is 2.01. The SMILES string of the molecule is CC(C)CC[C@@H](C)NC(=O)COC(=O)c1cc([N+](=O)[O-])ccc1N1CCCC1. The van der Waals surface area contributed by atoms with E-state index in [1.807, 2.05) is 11.8 Å². The lowest BCUT2D eigenvalue weighted by molar-refractivity contribution is -0.384. The summed E-state index contributed by atoms with van der Waals surface area (Å²) >= 11 is 0. The van der Waals surface area contributed by atoms with Crippen LogP contribution in [0.25, 0.3) is 0 Å². The number of carbonyl (C=O) groups is 2. The van der Waals surface area contributed by atoms with Crippen LogP contribution in [-0.2, 0) is 9.53 Å². The predicted molar refractivity (Wildman–Crippen MR) is 107 cm³/mol. The highest BCUT2D eigenvalue weighted by Crippen LogP contribution is 2.29. The molecule has 1 amide bonds. The lowest BCUT2D eigenvalue weighted by Gasteiger charge is -2.20. The van der Waals surface area contributed by atoms with Gasteiger partial charge in [0.15, 0.2) is 6.61 Å². The molecule has 1 aromatic rings. The highest BCUT2D eigenvalue weighted by molar-refractivity contribution is 5.97. The number of nitro benzene ring substituents is 1. The van der Waals surface area contributed by atoms with Crippen molar-refractivity contribution in [1.82, 2.24) is 5.32 Å². The third-order valence-electron chi connectivity index (χ3n) is 4.78. The first kappa shape index (κ1) is 21.7. The first-order chi connectivity index (χ1) is 13.3. The Morgan fingerprint density at radius 2 is 1.89 bits per heavy atom. The van der Waals surface area contributed by atoms with Crippen molar-refractivity contribution in [3.63, 3.8) is 0 Å². The zero-order valence-corrected chi connectivity index (χ0v) is 16.8. The number of carbonyl (C=O) groups excluding carboxylic acids is 2. The van der Waals surface area contributed by atoms with Crippen molar-refractivity contribution in [2.75, 3.05) is 24.6 Å². The zero-order chi connectivity index (χ0) is 20.7. The molecule has 0 aliphatic carbocycles. The van der Waals surface area contributed by atoms with Crippen molar-refractivity contribution in [1.29, 1.82) is 0 Å². The van der Waals surface area contributed by atoms with Gasteiger partial charge in [0.25, 0.3) is 11.6 Å². The number of nitro groups is 1. The molecule has 1 aliphatic heterocycles. The summed E-state index contributed by atoms with van der Waals surface area (Å²) in [5, 5.41) is 13.9. The van der Waals surface area contributed by atoms with Crippen LogP contribution in [0.5, 0.6) is 0 Å². The Morgan fingerprint density at radius 3 is 2.50 bits per heavy atom. The monoisotopic (exact) mass is 391 g/mol. The quantitative estimate of drug-likeness (QED) is 0.394. The summed E-state index contributed by atoms with van der Waals surface area (Å²) in [5.74, 6) is -0.552. The number of ether oxygens (including phenoxy) is 1. The van der Waals surface area contributed by atoms with Crippen LogP contribution >= 0.6 is 0 Å². The van der Waals surface area contributed by atoms with Crippen LogP contribution in [0.1, 0.15) is 56.8 Å². The summed E-state index contributed by atoms with van der Waals surface area (Å²) in [5.41, 5.74) is 0.553. The topological polar surface area (TPSA) is 102 Å². The maximum Gasteiger partial charge on any atom is 0.341 e. The van der Waals surface area contributed by atoms with Gasteiger partial charge in [0.05, 0.1) is 16.2 Å². The number of nitrogens with one attached hydrogen (secondary N) is 1. The minimum atomic E-state index is -0.726. The molecule has 2 rings (SSSR count). The van der Waals surface area contributed by atoms with Crippen LogP contribution < -0.4 is 10.2 Å². The number of rotatable bonds is 9. The van der Waals surface area contributed by atoms with Crippen molar-refractivity contribution in [2.24, 2.45) is 5.92 Å². The molecule has 1 heterocycles. The molecular formula is C20H29N3O5. The summed E-state index contributed by atoms with van der Waals surface area (Å²) < 4.78 is 5.15. The van der Waals surface area contributed by atoms with Crippen molar-refractivity contribution in [3.05, 3.63) is 33.9 Å². The Hall–Kier alpha value is -2.64. The van der Waals surface area contributed by atoms with Gasteiger partial charge in [0.2, 0.25) is 0 Å². The van der Waals surface area contributed by atoms with Crippen LogP contribution in [0.4, 0.5) is 11.4 Å². The molecule has 1 atom stereocenters. The van der Waals surface area contributed by atoms with Gasteiger partial charge in [-0.3, -0.25) is 14.9 Å². The third-order valence-corrected chi connectivity index (χ3v) is 4.78. The summed E-state index contributed by atoms with van der Waals surface area (Å²) in [7, 11) is 0. The van der Waals surface area contributed by atoms with E-state index in [2.05, 4.69) is 19.2 Å². The summed E-state index contributed by atoms with van der Waals surface area (Å²) in [6, 6.07) is 4.17. The van der Waals surface area contributed by atoms with Crippen molar-refractivity contribution >= 4 is 23.3 Å². The van der Waals surface area contributed by atoms with Gasteiger partial charge >= 0.3 is 5.97 Å². The number of non-ortho nitro benzene ring substituents is 1. The smallest absolute Gasteiger partial charge is 0.341 e. The number of hydrogen-bond donors (Lipinski definition) is 1. The van der Waals surface area contributed by atoms with E-state index in [0.29, 0.717) is 11.6 Å². The molecule has 1 aliphatic rings. The molecule has 8 nitrogen and oxygen atoms in total. The second-order valence-electron chi connectivity index (χ2n) is 7.67. The maximum atomic E-state index is 12.6. The highest BCUT2D eigenvalue weighted by atomic mass is 16.6. The molecule has 0 radical (unpaired) electrons. The molecule has 1 N–H and O–H groups in total. The Labute approximate surface area is 165 Å². The zero-order valence-electron chi connectivity index (χ0n) is 16.8. The van der Waals surface area contributed by atoms with Gasteiger partial charge in [-0.1, -0.05) is 13.8 Å². The van der Waals surface area contributed by atoms with Crippen LogP contribution in [-0.4, -0.2) is 42.5 Å². The lowest BCUT2D eigenvalue weighted by atomic mass is 10.0. The van der Waals surface area contributed by atoms with Gasteiger partial charge in [-0.25, -0.2) is 4.79 Å². The van der Waals surface area contributed by atoms with Crippen LogP contribution in [0.3, 0.4) is 0 Å². The minimum Gasteiger partial charge on any atom is -0.452 e. The van der Waals surface area contributed by atoms with E-state index < -0.39 is 17.5 Å². The first-order valence-corrected chi connectivity index (χ1v) is 9.77. The molecule has 1 fully saturated rings. The largest absolute Gasteiger partial charge is 0.452 e. The standard InChI is InChI=1S/C20H29N3O5/c1-14(2)6-7-15(3)21-19(24)13-28-20(25)17-12-16(23(26)27)8-9-18(17)22-10-4-5-11-22/h8-9,12,14-15H,4-7,10-11,13H2,1-3H3,(H,21,24)/t15-/m1/s1. The molecule has 154 valence electrons. The van der Waals surface area contributed by atoms with E-state index in [1.54, 1.807) is 6.07 Å². The van der Waals surface area contributed by atoms with Crippen LogP contribution in [0.2, 0.25) is 0 Å². The average Bonchev–Trinajstić information content (AvgIpc) is 3.18. The number of esters is 1. The molecule has 1 aromatic carbocycles.